The van der Waals surface area contributed by atoms with Crippen LogP contribution in [0.3, 0.4) is 0 Å². The number of rotatable bonds is 13. The highest BCUT2D eigenvalue weighted by Gasteiger charge is 2.27. The molecule has 13 heteroatoms. The highest BCUT2D eigenvalue weighted by molar-refractivity contribution is 5.67. The molecule has 13 nitrogen and oxygen atoms in total. The minimum atomic E-state index is -1.23. The van der Waals surface area contributed by atoms with Crippen LogP contribution in [0, 0.1) is 0 Å². The summed E-state index contributed by atoms with van der Waals surface area (Å²) >= 11 is 0. The topological polar surface area (TPSA) is 175 Å². The summed E-state index contributed by atoms with van der Waals surface area (Å²) in [6.07, 6.45) is 2.79. The van der Waals surface area contributed by atoms with E-state index in [0.717, 1.165) is 54.7 Å². The summed E-state index contributed by atoms with van der Waals surface area (Å²) in [5.41, 5.74) is 0. The Labute approximate surface area is 219 Å². The first-order chi connectivity index (χ1) is 17.6. The molecule has 2 unspecified atom stereocenters. The molecule has 1 heterocycles. The molecule has 0 radical (unpaired) electrons. The lowest BCUT2D eigenvalue weighted by Crippen LogP contribution is -2.53. The van der Waals surface area contributed by atoms with Gasteiger partial charge >= 0.3 is 18.3 Å². The van der Waals surface area contributed by atoms with Gasteiger partial charge in [-0.15, -0.1) is 0 Å². The highest BCUT2D eigenvalue weighted by atomic mass is 16.5. The van der Waals surface area contributed by atoms with E-state index in [-0.39, 0.29) is 65.6 Å². The van der Waals surface area contributed by atoms with Gasteiger partial charge < -0.3 is 45.0 Å². The fourth-order valence-electron chi connectivity index (χ4n) is 4.31. The molecule has 216 valence electrons. The molecule has 1 rings (SSSR count). The van der Waals surface area contributed by atoms with Crippen molar-refractivity contribution in [2.45, 2.75) is 64.0 Å². The minimum absolute atomic E-state index is 0.0393. The van der Waals surface area contributed by atoms with Crippen molar-refractivity contribution in [2.75, 3.05) is 72.2 Å². The second-order valence-electron chi connectivity index (χ2n) is 9.55. The summed E-state index contributed by atoms with van der Waals surface area (Å²) < 4.78 is 5.61. The van der Waals surface area contributed by atoms with E-state index >= 15 is 0 Å². The lowest BCUT2D eigenvalue weighted by molar-refractivity contribution is 0.0110. The molecule has 5 N–H and O–H groups in total. The van der Waals surface area contributed by atoms with Crippen LogP contribution >= 0.6 is 0 Å². The van der Waals surface area contributed by atoms with Crippen LogP contribution < -0.4 is 0 Å². The van der Waals surface area contributed by atoms with Crippen LogP contribution in [-0.2, 0) is 4.74 Å². The third-order valence-electron chi connectivity index (χ3n) is 6.51. The van der Waals surface area contributed by atoms with Crippen LogP contribution in [0.15, 0.2) is 0 Å². The fourth-order valence-corrected chi connectivity index (χ4v) is 4.31. The van der Waals surface area contributed by atoms with Crippen molar-refractivity contribution in [3.8, 4) is 0 Å². The van der Waals surface area contributed by atoms with Gasteiger partial charge in [0.1, 0.15) is 0 Å². The van der Waals surface area contributed by atoms with Gasteiger partial charge in [-0.25, -0.2) is 14.4 Å². The Morgan fingerprint density at radius 2 is 1.32 bits per heavy atom. The number of aliphatic hydroxyl groups excluding tert-OH is 2. The van der Waals surface area contributed by atoms with Gasteiger partial charge in [0.05, 0.1) is 12.7 Å². The summed E-state index contributed by atoms with van der Waals surface area (Å²) in [5, 5.41) is 47.9. The van der Waals surface area contributed by atoms with Gasteiger partial charge in [-0.3, -0.25) is 4.90 Å². The van der Waals surface area contributed by atoms with Crippen LogP contribution in [0.5, 0.6) is 0 Å². The van der Waals surface area contributed by atoms with E-state index in [1.165, 1.54) is 4.90 Å². The van der Waals surface area contributed by atoms with Crippen molar-refractivity contribution < 1.29 is 44.7 Å². The van der Waals surface area contributed by atoms with Crippen molar-refractivity contribution in [2.24, 2.45) is 0 Å². The second kappa shape index (κ2) is 18.8. The summed E-state index contributed by atoms with van der Waals surface area (Å²) in [6, 6.07) is -0.629. The molecule has 0 bridgehead atoms. The van der Waals surface area contributed by atoms with Crippen LogP contribution in [0.1, 0.15) is 51.9 Å². The van der Waals surface area contributed by atoms with Crippen LogP contribution in [0.4, 0.5) is 14.4 Å². The highest BCUT2D eigenvalue weighted by Crippen LogP contribution is 2.09. The number of ether oxygens (including phenoxy) is 1. The molecule has 1 aliphatic rings. The molecular formula is C24H46N4O9. The molecule has 1 fully saturated rings. The lowest BCUT2D eigenvalue weighted by atomic mass is 10.1. The zero-order chi connectivity index (χ0) is 27.6. The first-order valence-corrected chi connectivity index (χ1v) is 13.2. The van der Waals surface area contributed by atoms with Crippen molar-refractivity contribution in [3.05, 3.63) is 0 Å². The van der Waals surface area contributed by atoms with Crippen LogP contribution in [0.25, 0.3) is 0 Å². The number of β-amino-alcohol motifs (C(OH)–C–C–N with tert-alkyl or cyclic N) is 1. The first-order valence-electron chi connectivity index (χ1n) is 13.2. The molecule has 0 aromatic heterocycles. The zero-order valence-electron chi connectivity index (χ0n) is 22.0. The molecular weight excluding hydrogens is 488 g/mol. The molecule has 2 atom stereocenters. The Morgan fingerprint density at radius 1 is 0.784 bits per heavy atom. The molecule has 1 aliphatic heterocycles. The Balaban J connectivity index is 2.59. The quantitative estimate of drug-likeness (QED) is 0.219. The lowest BCUT2D eigenvalue weighted by Gasteiger charge is -2.35. The maximum Gasteiger partial charge on any atom is 0.407 e. The van der Waals surface area contributed by atoms with Gasteiger partial charge in [0.15, 0.2) is 0 Å². The molecule has 37 heavy (non-hydrogen) atoms. The van der Waals surface area contributed by atoms with Crippen molar-refractivity contribution in [1.29, 1.82) is 0 Å². The standard InChI is InChI=1S/C24H46N4O9/c1-20-17-27(23(33)34)13-12-26(22(31)32)11-9-25(10-14-28(20)24(35)36)18-21(30)19-37-16-8-6-4-2-3-5-7-15-29/h20-21,29-30H,2-19H2,1H3,(H,31,32)(H,33,34)(H,35,36). The molecule has 0 spiro atoms. The van der Waals surface area contributed by atoms with E-state index in [9.17, 15) is 34.8 Å². The van der Waals surface area contributed by atoms with Gasteiger partial charge in [0, 0.05) is 71.6 Å². The maximum atomic E-state index is 11.8. The molecule has 0 aliphatic carbocycles. The number of amides is 3. The normalized spacial score (nSPS) is 19.2. The van der Waals surface area contributed by atoms with Crippen molar-refractivity contribution in [3.63, 3.8) is 0 Å². The third kappa shape index (κ3) is 14.2. The number of nitrogens with zero attached hydrogens (tertiary/aromatic N) is 4. The molecule has 3 amide bonds. The van der Waals surface area contributed by atoms with E-state index in [1.54, 1.807) is 6.92 Å². The zero-order valence-corrected chi connectivity index (χ0v) is 22.0. The Hall–Kier alpha value is -2.35. The smallest absolute Gasteiger partial charge is 0.407 e. The number of hydrogen-bond acceptors (Lipinski definition) is 7. The molecule has 0 aromatic carbocycles. The maximum absolute atomic E-state index is 11.8. The van der Waals surface area contributed by atoms with Crippen molar-refractivity contribution in [1.82, 2.24) is 19.6 Å². The van der Waals surface area contributed by atoms with E-state index in [2.05, 4.69) is 0 Å². The van der Waals surface area contributed by atoms with Crippen LogP contribution in [0.2, 0.25) is 0 Å². The number of hydrogen-bond donors (Lipinski definition) is 5. The monoisotopic (exact) mass is 534 g/mol. The third-order valence-corrected chi connectivity index (χ3v) is 6.51. The number of unbranched alkanes of at least 4 members (excludes halogenated alkanes) is 6. The van der Waals surface area contributed by atoms with Gasteiger partial charge in [-0.05, 0) is 19.8 Å². The van der Waals surface area contributed by atoms with Gasteiger partial charge in [0.25, 0.3) is 0 Å². The number of carboxylic acid groups (broad SMARTS) is 3. The predicted octanol–water partition coefficient (Wildman–Crippen LogP) is 1.73. The molecule has 0 saturated carbocycles. The second-order valence-corrected chi connectivity index (χ2v) is 9.55. The molecule has 1 saturated heterocycles. The van der Waals surface area contributed by atoms with Crippen LogP contribution in [-0.4, -0.2) is 148 Å². The number of aliphatic hydroxyl groups is 2. The Bertz CT molecular complexity index is 670. The Kier molecular flexibility index (Phi) is 16.6. The van der Waals surface area contributed by atoms with E-state index in [1.807, 2.05) is 4.90 Å². The number of carbonyl (C=O) groups is 3. The van der Waals surface area contributed by atoms with E-state index in [0.29, 0.717) is 6.61 Å². The van der Waals surface area contributed by atoms with E-state index < -0.39 is 30.4 Å². The summed E-state index contributed by atoms with van der Waals surface area (Å²) in [6.45, 7) is 3.23. The van der Waals surface area contributed by atoms with Gasteiger partial charge in [-0.1, -0.05) is 32.1 Å². The predicted molar refractivity (Wildman–Crippen MR) is 136 cm³/mol. The Morgan fingerprint density at radius 3 is 1.92 bits per heavy atom. The van der Waals surface area contributed by atoms with E-state index in [4.69, 9.17) is 9.84 Å². The SMILES string of the molecule is CC1CN(C(=O)O)CCN(C(=O)O)CCN(CC(O)COCCCCCCCCCO)CCN1C(=O)O. The summed E-state index contributed by atoms with van der Waals surface area (Å²) in [5.74, 6) is 0. The average Bonchev–Trinajstić information content (AvgIpc) is 2.82. The van der Waals surface area contributed by atoms with Gasteiger partial charge in [0.2, 0.25) is 0 Å². The van der Waals surface area contributed by atoms with Crippen molar-refractivity contribution >= 4 is 18.3 Å². The van der Waals surface area contributed by atoms with Gasteiger partial charge in [-0.2, -0.15) is 0 Å². The fraction of sp³-hybridized carbons (Fsp3) is 0.875. The summed E-state index contributed by atoms with van der Waals surface area (Å²) in [7, 11) is 0. The molecule has 0 aromatic rings. The minimum Gasteiger partial charge on any atom is -0.465 e. The first kappa shape index (κ1) is 32.7. The summed E-state index contributed by atoms with van der Waals surface area (Å²) in [4.78, 5) is 40.2. The average molecular weight is 535 g/mol. The largest absolute Gasteiger partial charge is 0.465 e.